The van der Waals surface area contributed by atoms with E-state index in [1.807, 2.05) is 6.07 Å². The number of amides is 3. The molecule has 0 bridgehead atoms. The molecule has 2 aliphatic rings. The van der Waals surface area contributed by atoms with Crippen LogP contribution in [0.25, 0.3) is 0 Å². The van der Waals surface area contributed by atoms with Gasteiger partial charge in [-0.15, -0.1) is 0 Å². The van der Waals surface area contributed by atoms with Crippen molar-refractivity contribution in [3.8, 4) is 0 Å². The minimum absolute atomic E-state index is 0.340. The maximum absolute atomic E-state index is 13.0. The van der Waals surface area contributed by atoms with Crippen molar-refractivity contribution in [2.24, 2.45) is 0 Å². The monoisotopic (exact) mass is 383 g/mol. The number of rotatable bonds is 9. The summed E-state index contributed by atoms with van der Waals surface area (Å²) in [5, 5.41) is 5.97. The van der Waals surface area contributed by atoms with Gasteiger partial charge in [0.15, 0.2) is 0 Å². The van der Waals surface area contributed by atoms with Crippen LogP contribution in [0.15, 0.2) is 30.5 Å². The number of benzene rings is 1. The first-order valence-electron chi connectivity index (χ1n) is 10.3. The van der Waals surface area contributed by atoms with E-state index in [2.05, 4.69) is 24.1 Å². The molecule has 1 aromatic carbocycles. The number of fused-ring (bicyclic) bond motifs is 1. The van der Waals surface area contributed by atoms with Gasteiger partial charge in [-0.3, -0.25) is 19.3 Å². The zero-order valence-electron chi connectivity index (χ0n) is 16.6. The van der Waals surface area contributed by atoms with Crippen LogP contribution in [0, 0.1) is 0 Å². The third-order valence-corrected chi connectivity index (χ3v) is 5.43. The Labute approximate surface area is 166 Å². The number of carbonyl (C=O) groups is 3. The van der Waals surface area contributed by atoms with Crippen LogP contribution in [0.1, 0.15) is 79.0 Å². The summed E-state index contributed by atoms with van der Waals surface area (Å²) in [6.45, 7) is 6.71. The van der Waals surface area contributed by atoms with Crippen molar-refractivity contribution in [2.45, 2.75) is 64.3 Å². The van der Waals surface area contributed by atoms with E-state index in [9.17, 15) is 14.4 Å². The zero-order chi connectivity index (χ0) is 20.1. The molecule has 0 saturated carbocycles. The smallest absolute Gasteiger partial charge is 0.264 e. The second-order valence-electron chi connectivity index (χ2n) is 7.55. The molecule has 3 rings (SSSR count). The van der Waals surface area contributed by atoms with Gasteiger partial charge >= 0.3 is 0 Å². The lowest BCUT2D eigenvalue weighted by atomic mass is 10.0. The molecule has 1 fully saturated rings. The molecule has 6 heteroatoms. The van der Waals surface area contributed by atoms with E-state index in [0.29, 0.717) is 35.4 Å². The van der Waals surface area contributed by atoms with Gasteiger partial charge in [-0.1, -0.05) is 51.7 Å². The first-order valence-corrected chi connectivity index (χ1v) is 10.3. The van der Waals surface area contributed by atoms with Crippen molar-refractivity contribution in [2.75, 3.05) is 11.9 Å². The van der Waals surface area contributed by atoms with E-state index < -0.39 is 17.9 Å². The molecule has 6 nitrogen and oxygen atoms in total. The number of carbonyl (C=O) groups excluding carboxylic acids is 3. The molecule has 2 N–H and O–H groups in total. The van der Waals surface area contributed by atoms with Crippen LogP contribution >= 0.6 is 0 Å². The average molecular weight is 383 g/mol. The van der Waals surface area contributed by atoms with Crippen molar-refractivity contribution >= 4 is 23.4 Å². The fourth-order valence-corrected chi connectivity index (χ4v) is 3.87. The van der Waals surface area contributed by atoms with Crippen LogP contribution < -0.4 is 10.6 Å². The van der Waals surface area contributed by atoms with Crippen molar-refractivity contribution in [1.82, 2.24) is 10.2 Å². The Morgan fingerprint density at radius 1 is 1.11 bits per heavy atom. The quantitative estimate of drug-likeness (QED) is 0.501. The van der Waals surface area contributed by atoms with E-state index in [4.69, 9.17) is 0 Å². The molecule has 0 aromatic heterocycles. The molecule has 0 radical (unpaired) electrons. The van der Waals surface area contributed by atoms with E-state index in [1.54, 1.807) is 12.1 Å². The predicted molar refractivity (Wildman–Crippen MR) is 109 cm³/mol. The molecular formula is C22H29N3O3. The topological polar surface area (TPSA) is 78.5 Å². The summed E-state index contributed by atoms with van der Waals surface area (Å²) in [6, 6.07) is 4.49. The minimum Gasteiger partial charge on any atom is -0.384 e. The first kappa shape index (κ1) is 20.1. The Balaban J connectivity index is 1.66. The second kappa shape index (κ2) is 9.04. The third kappa shape index (κ3) is 4.11. The molecule has 1 aromatic rings. The fourth-order valence-electron chi connectivity index (χ4n) is 3.87. The van der Waals surface area contributed by atoms with Crippen molar-refractivity contribution < 1.29 is 14.4 Å². The van der Waals surface area contributed by atoms with Crippen LogP contribution in [-0.2, 0) is 4.79 Å². The summed E-state index contributed by atoms with van der Waals surface area (Å²) in [5.41, 5.74) is 2.05. The lowest BCUT2D eigenvalue weighted by Gasteiger charge is -2.29. The molecule has 1 saturated heterocycles. The SMILES string of the molecule is C=C1CCC(N2C(=O)c3cccc(NCCCCCCCC)c3C2=O)C(=O)N1. The summed E-state index contributed by atoms with van der Waals surface area (Å²) >= 11 is 0. The van der Waals surface area contributed by atoms with E-state index >= 15 is 0 Å². The van der Waals surface area contributed by atoms with Crippen LogP contribution in [-0.4, -0.2) is 35.2 Å². The van der Waals surface area contributed by atoms with E-state index in [0.717, 1.165) is 24.3 Å². The van der Waals surface area contributed by atoms with Gasteiger partial charge < -0.3 is 10.6 Å². The van der Waals surface area contributed by atoms with Crippen molar-refractivity contribution in [3.05, 3.63) is 41.6 Å². The highest BCUT2D eigenvalue weighted by Crippen LogP contribution is 2.32. The highest BCUT2D eigenvalue weighted by molar-refractivity contribution is 6.25. The van der Waals surface area contributed by atoms with Crippen LogP contribution in [0.5, 0.6) is 0 Å². The molecule has 0 aliphatic carbocycles. The number of allylic oxidation sites excluding steroid dienone is 1. The number of anilines is 1. The van der Waals surface area contributed by atoms with Gasteiger partial charge in [-0.2, -0.15) is 0 Å². The standard InChI is InChI=1S/C22H29N3O3/c1-3-4-5-6-7-8-14-23-17-11-9-10-16-19(17)22(28)25(21(16)27)18-13-12-15(2)24-20(18)26/h9-11,18,23H,2-8,12-14H2,1H3,(H,24,26). The Hall–Kier alpha value is -2.63. The highest BCUT2D eigenvalue weighted by atomic mass is 16.2. The molecule has 0 spiro atoms. The molecule has 2 heterocycles. The highest BCUT2D eigenvalue weighted by Gasteiger charge is 2.44. The molecule has 1 unspecified atom stereocenters. The first-order chi connectivity index (χ1) is 13.5. The number of nitrogens with zero attached hydrogens (tertiary/aromatic N) is 1. The van der Waals surface area contributed by atoms with Gasteiger partial charge in [0.25, 0.3) is 11.8 Å². The third-order valence-electron chi connectivity index (χ3n) is 5.43. The Morgan fingerprint density at radius 3 is 2.61 bits per heavy atom. The summed E-state index contributed by atoms with van der Waals surface area (Å²) in [4.78, 5) is 39.3. The zero-order valence-corrected chi connectivity index (χ0v) is 16.6. The lowest BCUT2D eigenvalue weighted by Crippen LogP contribution is -2.51. The van der Waals surface area contributed by atoms with Crippen LogP contribution in [0.3, 0.4) is 0 Å². The largest absolute Gasteiger partial charge is 0.384 e. The number of unbranched alkanes of at least 4 members (excludes halogenated alkanes) is 5. The maximum Gasteiger partial charge on any atom is 0.264 e. The van der Waals surface area contributed by atoms with Crippen molar-refractivity contribution in [1.29, 1.82) is 0 Å². The number of piperidine rings is 1. The van der Waals surface area contributed by atoms with Crippen molar-refractivity contribution in [3.63, 3.8) is 0 Å². The summed E-state index contributed by atoms with van der Waals surface area (Å²) in [6.07, 6.45) is 8.12. The predicted octanol–water partition coefficient (Wildman–Crippen LogP) is 3.85. The maximum atomic E-state index is 13.0. The average Bonchev–Trinajstić information content (AvgIpc) is 2.93. The number of nitrogens with one attached hydrogen (secondary N) is 2. The van der Waals surface area contributed by atoms with Crippen LogP contribution in [0.4, 0.5) is 5.69 Å². The Bertz CT molecular complexity index is 787. The van der Waals surface area contributed by atoms with Crippen LogP contribution in [0.2, 0.25) is 0 Å². The van der Waals surface area contributed by atoms with E-state index in [1.165, 1.54) is 25.7 Å². The summed E-state index contributed by atoms with van der Waals surface area (Å²) < 4.78 is 0. The fraction of sp³-hybridized carbons (Fsp3) is 0.500. The summed E-state index contributed by atoms with van der Waals surface area (Å²) in [5.74, 6) is -1.12. The van der Waals surface area contributed by atoms with Gasteiger partial charge in [0.05, 0.1) is 11.1 Å². The molecular weight excluding hydrogens is 354 g/mol. The van der Waals surface area contributed by atoms with Gasteiger partial charge in [0.1, 0.15) is 6.04 Å². The second-order valence-corrected chi connectivity index (χ2v) is 7.55. The molecule has 3 amide bonds. The number of hydrogen-bond acceptors (Lipinski definition) is 4. The van der Waals surface area contributed by atoms with Gasteiger partial charge in [-0.05, 0) is 31.4 Å². The Morgan fingerprint density at radius 2 is 1.86 bits per heavy atom. The molecule has 150 valence electrons. The van der Waals surface area contributed by atoms with E-state index in [-0.39, 0.29) is 5.91 Å². The minimum atomic E-state index is -0.774. The van der Waals surface area contributed by atoms with Gasteiger partial charge in [-0.25, -0.2) is 0 Å². The lowest BCUT2D eigenvalue weighted by molar-refractivity contribution is -0.125. The number of hydrogen-bond donors (Lipinski definition) is 2. The van der Waals surface area contributed by atoms with Gasteiger partial charge in [0.2, 0.25) is 5.91 Å². The number of imide groups is 1. The Kier molecular flexibility index (Phi) is 6.49. The normalized spacial score (nSPS) is 19.0. The molecule has 28 heavy (non-hydrogen) atoms. The summed E-state index contributed by atoms with van der Waals surface area (Å²) in [7, 11) is 0. The van der Waals surface area contributed by atoms with Gasteiger partial charge in [0, 0.05) is 17.9 Å². The molecule has 2 aliphatic heterocycles. The molecule has 1 atom stereocenters.